The molecule has 4 nitrogen and oxygen atoms in total. The van der Waals surface area contributed by atoms with Crippen LogP contribution in [-0.2, 0) is 9.59 Å². The predicted molar refractivity (Wildman–Crippen MR) is 107 cm³/mol. The number of halogens is 1. The molecule has 0 atom stereocenters. The Bertz CT molecular complexity index is 940. The van der Waals surface area contributed by atoms with Crippen LogP contribution in [0.1, 0.15) is 30.9 Å². The molecule has 0 saturated carbocycles. The minimum absolute atomic E-state index is 0.332. The molecule has 0 spiro atoms. The molecule has 4 rings (SSSR count). The zero-order valence-electron chi connectivity index (χ0n) is 16.1. The van der Waals surface area contributed by atoms with Crippen LogP contribution in [0.15, 0.2) is 54.2 Å². The van der Waals surface area contributed by atoms with Gasteiger partial charge in [0, 0.05) is 13.1 Å². The van der Waals surface area contributed by atoms with Crippen molar-refractivity contribution in [1.29, 1.82) is 0 Å². The zero-order chi connectivity index (χ0) is 19.8. The van der Waals surface area contributed by atoms with Gasteiger partial charge in [-0.25, -0.2) is 9.29 Å². The molecule has 0 radical (unpaired) electrons. The number of anilines is 1. The normalized spacial score (nSPS) is 18.4. The van der Waals surface area contributed by atoms with Crippen LogP contribution in [0.2, 0.25) is 0 Å². The van der Waals surface area contributed by atoms with E-state index >= 15 is 0 Å². The van der Waals surface area contributed by atoms with Crippen LogP contribution < -0.4 is 4.90 Å². The molecule has 0 N–H and O–H groups in total. The van der Waals surface area contributed by atoms with Crippen molar-refractivity contribution in [2.75, 3.05) is 18.0 Å². The lowest BCUT2D eigenvalue weighted by Gasteiger charge is -2.32. The maximum Gasteiger partial charge on any atom is 0.282 e. The molecule has 1 saturated heterocycles. The van der Waals surface area contributed by atoms with Gasteiger partial charge in [0.2, 0.25) is 0 Å². The minimum Gasteiger partial charge on any atom is -0.366 e. The summed E-state index contributed by atoms with van der Waals surface area (Å²) in [6, 6.07) is 13.1. The summed E-state index contributed by atoms with van der Waals surface area (Å²) in [5, 5.41) is 0. The molecule has 2 heterocycles. The van der Waals surface area contributed by atoms with E-state index in [9.17, 15) is 14.0 Å². The molecule has 2 aromatic carbocycles. The van der Waals surface area contributed by atoms with E-state index in [4.69, 9.17) is 0 Å². The number of piperidine rings is 1. The molecule has 0 aromatic heterocycles. The van der Waals surface area contributed by atoms with E-state index in [-0.39, 0.29) is 11.8 Å². The summed E-state index contributed by atoms with van der Waals surface area (Å²) in [4.78, 5) is 29.9. The SMILES string of the molecule is Cc1ccc(C2=C(N3CCC(C)CC3)C(=O)N(c3ccc(F)cc3)C2=O)cc1. The van der Waals surface area contributed by atoms with Crippen molar-refractivity contribution >= 4 is 23.1 Å². The molecular formula is C23H23FN2O2. The summed E-state index contributed by atoms with van der Waals surface area (Å²) < 4.78 is 13.3. The summed E-state index contributed by atoms with van der Waals surface area (Å²) in [7, 11) is 0. The molecule has 0 unspecified atom stereocenters. The summed E-state index contributed by atoms with van der Waals surface area (Å²) in [6.45, 7) is 5.70. The average molecular weight is 378 g/mol. The molecular weight excluding hydrogens is 355 g/mol. The summed E-state index contributed by atoms with van der Waals surface area (Å²) in [6.07, 6.45) is 1.98. The van der Waals surface area contributed by atoms with Crippen LogP contribution in [0.5, 0.6) is 0 Å². The highest BCUT2D eigenvalue weighted by Gasteiger charge is 2.42. The largest absolute Gasteiger partial charge is 0.366 e. The van der Waals surface area contributed by atoms with Gasteiger partial charge < -0.3 is 4.90 Å². The average Bonchev–Trinajstić information content (AvgIpc) is 2.94. The first-order chi connectivity index (χ1) is 13.5. The van der Waals surface area contributed by atoms with E-state index in [0.717, 1.165) is 37.1 Å². The second-order valence-electron chi connectivity index (χ2n) is 7.68. The summed E-state index contributed by atoms with van der Waals surface area (Å²) in [5.74, 6) is -0.476. The number of imide groups is 1. The third-order valence-corrected chi connectivity index (χ3v) is 5.58. The number of rotatable bonds is 3. The summed E-state index contributed by atoms with van der Waals surface area (Å²) in [5.41, 5.74) is 3.11. The van der Waals surface area contributed by atoms with Gasteiger partial charge >= 0.3 is 0 Å². The highest BCUT2D eigenvalue weighted by Crippen LogP contribution is 2.36. The molecule has 0 bridgehead atoms. The van der Waals surface area contributed by atoms with Gasteiger partial charge in [0.25, 0.3) is 11.8 Å². The van der Waals surface area contributed by atoms with Gasteiger partial charge in [0.15, 0.2) is 0 Å². The monoisotopic (exact) mass is 378 g/mol. The van der Waals surface area contributed by atoms with Crippen LogP contribution in [0.4, 0.5) is 10.1 Å². The van der Waals surface area contributed by atoms with Crippen LogP contribution in [-0.4, -0.2) is 29.8 Å². The number of hydrogen-bond donors (Lipinski definition) is 0. The third kappa shape index (κ3) is 3.21. The highest BCUT2D eigenvalue weighted by atomic mass is 19.1. The van der Waals surface area contributed by atoms with Gasteiger partial charge in [-0.05, 0) is 55.5 Å². The number of carbonyl (C=O) groups is 2. The van der Waals surface area contributed by atoms with Crippen LogP contribution in [0, 0.1) is 18.7 Å². The predicted octanol–water partition coefficient (Wildman–Crippen LogP) is 4.15. The first-order valence-electron chi connectivity index (χ1n) is 9.66. The van der Waals surface area contributed by atoms with Gasteiger partial charge in [-0.15, -0.1) is 0 Å². The van der Waals surface area contributed by atoms with Crippen molar-refractivity contribution in [2.24, 2.45) is 5.92 Å². The summed E-state index contributed by atoms with van der Waals surface area (Å²) >= 11 is 0. The topological polar surface area (TPSA) is 40.6 Å². The second kappa shape index (κ2) is 7.23. The fourth-order valence-corrected chi connectivity index (χ4v) is 3.85. The van der Waals surface area contributed by atoms with Crippen molar-refractivity contribution in [1.82, 2.24) is 4.90 Å². The minimum atomic E-state index is -0.403. The Morgan fingerprint density at radius 2 is 1.50 bits per heavy atom. The number of nitrogens with zero attached hydrogens (tertiary/aromatic N) is 2. The molecule has 2 aliphatic rings. The van der Waals surface area contributed by atoms with Crippen molar-refractivity contribution in [3.8, 4) is 0 Å². The van der Waals surface area contributed by atoms with Crippen LogP contribution >= 0.6 is 0 Å². The maximum atomic E-state index is 13.3. The Morgan fingerprint density at radius 3 is 2.11 bits per heavy atom. The first kappa shape index (κ1) is 18.4. The van der Waals surface area contributed by atoms with Crippen molar-refractivity contribution in [3.05, 3.63) is 71.2 Å². The molecule has 2 aliphatic heterocycles. The lowest BCUT2D eigenvalue weighted by Crippen LogP contribution is -2.38. The fraction of sp³-hybridized carbons (Fsp3) is 0.304. The zero-order valence-corrected chi connectivity index (χ0v) is 16.1. The van der Waals surface area contributed by atoms with Gasteiger partial charge in [-0.3, -0.25) is 9.59 Å². The highest BCUT2D eigenvalue weighted by molar-refractivity contribution is 6.45. The lowest BCUT2D eigenvalue weighted by atomic mass is 9.97. The van der Waals surface area contributed by atoms with E-state index in [1.807, 2.05) is 36.1 Å². The first-order valence-corrected chi connectivity index (χ1v) is 9.66. The van der Waals surface area contributed by atoms with Gasteiger partial charge in [0.1, 0.15) is 11.5 Å². The number of hydrogen-bond acceptors (Lipinski definition) is 3. The van der Waals surface area contributed by atoms with Crippen LogP contribution in [0.3, 0.4) is 0 Å². The van der Waals surface area contributed by atoms with Crippen LogP contribution in [0.25, 0.3) is 5.57 Å². The second-order valence-corrected chi connectivity index (χ2v) is 7.68. The molecule has 1 fully saturated rings. The molecule has 2 amide bonds. The number of aryl methyl sites for hydroxylation is 1. The Kier molecular flexibility index (Phi) is 4.75. The van der Waals surface area contributed by atoms with Crippen molar-refractivity contribution < 1.29 is 14.0 Å². The van der Waals surface area contributed by atoms with E-state index in [0.29, 0.717) is 22.9 Å². The Labute approximate surface area is 164 Å². The third-order valence-electron chi connectivity index (χ3n) is 5.58. The number of benzene rings is 2. The Balaban J connectivity index is 1.79. The molecule has 2 aromatic rings. The fourth-order valence-electron chi connectivity index (χ4n) is 3.85. The standard InChI is InChI=1S/C23H23FN2O2/c1-15-3-5-17(6-4-15)20-21(25-13-11-16(2)12-14-25)23(28)26(22(20)27)19-9-7-18(24)8-10-19/h3-10,16H,11-14H2,1-2H3. The van der Waals surface area contributed by atoms with Gasteiger partial charge in [0.05, 0.1) is 11.3 Å². The van der Waals surface area contributed by atoms with Crippen molar-refractivity contribution in [2.45, 2.75) is 26.7 Å². The molecule has 5 heteroatoms. The Hall–Kier alpha value is -2.95. The maximum absolute atomic E-state index is 13.3. The lowest BCUT2D eigenvalue weighted by molar-refractivity contribution is -0.120. The van der Waals surface area contributed by atoms with E-state index < -0.39 is 5.82 Å². The van der Waals surface area contributed by atoms with E-state index in [1.54, 1.807) is 0 Å². The number of amides is 2. The quantitative estimate of drug-likeness (QED) is 0.754. The van der Waals surface area contributed by atoms with Gasteiger partial charge in [-0.2, -0.15) is 0 Å². The van der Waals surface area contributed by atoms with E-state index in [1.165, 1.54) is 29.2 Å². The van der Waals surface area contributed by atoms with Crippen molar-refractivity contribution in [3.63, 3.8) is 0 Å². The van der Waals surface area contributed by atoms with E-state index in [2.05, 4.69) is 6.92 Å². The molecule has 28 heavy (non-hydrogen) atoms. The molecule has 144 valence electrons. The number of carbonyl (C=O) groups excluding carboxylic acids is 2. The number of likely N-dealkylation sites (tertiary alicyclic amines) is 1. The smallest absolute Gasteiger partial charge is 0.282 e. The molecule has 0 aliphatic carbocycles. The Morgan fingerprint density at radius 1 is 0.893 bits per heavy atom. The van der Waals surface area contributed by atoms with Gasteiger partial charge in [-0.1, -0.05) is 36.8 Å².